The largest absolute Gasteiger partial charge is 0.322 e. The summed E-state index contributed by atoms with van der Waals surface area (Å²) < 4.78 is 0. The van der Waals surface area contributed by atoms with E-state index >= 15 is 0 Å². The normalized spacial score (nSPS) is 13.1. The molecule has 0 unspecified atom stereocenters. The molecule has 4 heteroatoms. The number of carbonyl (C=O) groups excluding carboxylic acids is 2. The van der Waals surface area contributed by atoms with E-state index in [9.17, 15) is 9.59 Å². The number of fused-ring (bicyclic) bond motifs is 1. The predicted molar refractivity (Wildman–Crippen MR) is 96.7 cm³/mol. The van der Waals surface area contributed by atoms with E-state index in [1.54, 1.807) is 11.8 Å². The molecule has 0 radical (unpaired) electrons. The molecule has 0 bridgehead atoms. The lowest BCUT2D eigenvalue weighted by atomic mass is 10.0. The molecular weight excluding hydrogens is 300 g/mol. The van der Waals surface area contributed by atoms with Crippen LogP contribution in [0.15, 0.2) is 42.5 Å². The molecule has 24 heavy (non-hydrogen) atoms. The van der Waals surface area contributed by atoms with Crippen molar-refractivity contribution in [3.8, 4) is 0 Å². The molecule has 3 rings (SSSR count). The van der Waals surface area contributed by atoms with Crippen LogP contribution in [0.4, 0.5) is 11.4 Å². The quantitative estimate of drug-likeness (QED) is 0.929. The van der Waals surface area contributed by atoms with Gasteiger partial charge in [0.15, 0.2) is 0 Å². The minimum Gasteiger partial charge on any atom is -0.322 e. The molecule has 0 aliphatic carbocycles. The summed E-state index contributed by atoms with van der Waals surface area (Å²) in [7, 11) is 0. The Bertz CT molecular complexity index is 779. The topological polar surface area (TPSA) is 49.4 Å². The summed E-state index contributed by atoms with van der Waals surface area (Å²) in [5.74, 6) is 0.380. The van der Waals surface area contributed by atoms with Crippen LogP contribution in [-0.4, -0.2) is 18.4 Å². The highest BCUT2D eigenvalue weighted by Gasteiger charge is 2.22. The summed E-state index contributed by atoms with van der Waals surface area (Å²) >= 11 is 0. The molecule has 2 amide bonds. The molecule has 124 valence electrons. The van der Waals surface area contributed by atoms with Crippen LogP contribution in [-0.2, 0) is 11.2 Å². The van der Waals surface area contributed by atoms with Gasteiger partial charge in [-0.05, 0) is 53.8 Å². The molecule has 1 heterocycles. The van der Waals surface area contributed by atoms with E-state index in [4.69, 9.17) is 0 Å². The fourth-order valence-electron chi connectivity index (χ4n) is 3.03. The highest BCUT2D eigenvalue weighted by Crippen LogP contribution is 2.30. The van der Waals surface area contributed by atoms with Gasteiger partial charge in [-0.25, -0.2) is 0 Å². The molecule has 2 aromatic carbocycles. The first kappa shape index (κ1) is 16.2. The van der Waals surface area contributed by atoms with Crippen LogP contribution in [0.5, 0.6) is 0 Å². The molecule has 0 spiro atoms. The standard InChI is InChI=1S/C20H22N2O2/c1-13(2)15-4-6-16(7-5-15)20(24)21-18-8-9-19-17(12-18)10-11-22(19)14(3)23/h4-9,12-13H,10-11H2,1-3H3,(H,21,24). The van der Waals surface area contributed by atoms with E-state index in [1.807, 2.05) is 42.5 Å². The zero-order valence-corrected chi connectivity index (χ0v) is 14.3. The Labute approximate surface area is 142 Å². The summed E-state index contributed by atoms with van der Waals surface area (Å²) in [6, 6.07) is 13.4. The van der Waals surface area contributed by atoms with Crippen molar-refractivity contribution in [2.24, 2.45) is 0 Å². The zero-order chi connectivity index (χ0) is 17.3. The first-order valence-electron chi connectivity index (χ1n) is 8.28. The van der Waals surface area contributed by atoms with Crippen LogP contribution >= 0.6 is 0 Å². The van der Waals surface area contributed by atoms with Crippen LogP contribution in [0, 0.1) is 0 Å². The number of hydrogen-bond donors (Lipinski definition) is 1. The minimum atomic E-state index is -0.119. The Morgan fingerprint density at radius 1 is 1.08 bits per heavy atom. The van der Waals surface area contributed by atoms with Crippen molar-refractivity contribution in [3.05, 3.63) is 59.2 Å². The van der Waals surface area contributed by atoms with Gasteiger partial charge in [-0.2, -0.15) is 0 Å². The van der Waals surface area contributed by atoms with Gasteiger partial charge in [0.1, 0.15) is 0 Å². The second-order valence-corrected chi connectivity index (χ2v) is 6.49. The van der Waals surface area contributed by atoms with Crippen LogP contribution in [0.2, 0.25) is 0 Å². The average Bonchev–Trinajstić information content (AvgIpc) is 2.98. The lowest BCUT2D eigenvalue weighted by Gasteiger charge is -2.15. The summed E-state index contributed by atoms with van der Waals surface area (Å²) in [5.41, 5.74) is 4.66. The molecule has 0 saturated carbocycles. The maximum Gasteiger partial charge on any atom is 0.255 e. The molecule has 1 aliphatic rings. The van der Waals surface area contributed by atoms with Crippen molar-refractivity contribution in [3.63, 3.8) is 0 Å². The van der Waals surface area contributed by atoms with Gasteiger partial charge in [0.05, 0.1) is 0 Å². The zero-order valence-electron chi connectivity index (χ0n) is 14.3. The predicted octanol–water partition coefficient (Wildman–Crippen LogP) is 3.97. The van der Waals surface area contributed by atoms with E-state index in [-0.39, 0.29) is 11.8 Å². The lowest BCUT2D eigenvalue weighted by molar-refractivity contribution is -0.116. The fourth-order valence-corrected chi connectivity index (χ4v) is 3.03. The van der Waals surface area contributed by atoms with Crippen LogP contribution < -0.4 is 10.2 Å². The van der Waals surface area contributed by atoms with Gasteiger partial charge >= 0.3 is 0 Å². The number of nitrogens with zero attached hydrogens (tertiary/aromatic N) is 1. The van der Waals surface area contributed by atoms with Crippen molar-refractivity contribution in [2.45, 2.75) is 33.1 Å². The molecule has 1 aliphatic heterocycles. The summed E-state index contributed by atoms with van der Waals surface area (Å²) in [6.07, 6.45) is 0.821. The van der Waals surface area contributed by atoms with Crippen LogP contribution in [0.25, 0.3) is 0 Å². The summed E-state index contributed by atoms with van der Waals surface area (Å²) in [6.45, 7) is 6.54. The van der Waals surface area contributed by atoms with Crippen molar-refractivity contribution in [1.82, 2.24) is 0 Å². The van der Waals surface area contributed by atoms with Gasteiger partial charge in [0.2, 0.25) is 5.91 Å². The smallest absolute Gasteiger partial charge is 0.255 e. The van der Waals surface area contributed by atoms with Crippen LogP contribution in [0.1, 0.15) is 48.2 Å². The van der Waals surface area contributed by atoms with E-state index in [2.05, 4.69) is 19.2 Å². The summed E-state index contributed by atoms with van der Waals surface area (Å²) in [4.78, 5) is 25.7. The lowest BCUT2D eigenvalue weighted by Crippen LogP contribution is -2.25. The van der Waals surface area contributed by atoms with E-state index < -0.39 is 0 Å². The third-order valence-corrected chi connectivity index (χ3v) is 4.45. The molecule has 0 atom stereocenters. The number of nitrogens with one attached hydrogen (secondary N) is 1. The van der Waals surface area contributed by atoms with Crippen molar-refractivity contribution in [1.29, 1.82) is 0 Å². The maximum absolute atomic E-state index is 12.4. The SMILES string of the molecule is CC(=O)N1CCc2cc(NC(=O)c3ccc(C(C)C)cc3)ccc21. The highest BCUT2D eigenvalue weighted by atomic mass is 16.2. The van der Waals surface area contributed by atoms with Crippen molar-refractivity contribution in [2.75, 3.05) is 16.8 Å². The molecule has 0 saturated heterocycles. The molecule has 0 fully saturated rings. The van der Waals surface area contributed by atoms with Crippen LogP contribution in [0.3, 0.4) is 0 Å². The maximum atomic E-state index is 12.4. The Hall–Kier alpha value is -2.62. The van der Waals surface area contributed by atoms with E-state index in [0.29, 0.717) is 18.0 Å². The first-order chi connectivity index (χ1) is 11.5. The second kappa shape index (κ2) is 6.48. The number of rotatable bonds is 3. The molecule has 2 aromatic rings. The Balaban J connectivity index is 1.74. The van der Waals surface area contributed by atoms with Gasteiger partial charge in [0, 0.05) is 30.4 Å². The fraction of sp³-hybridized carbons (Fsp3) is 0.300. The Morgan fingerprint density at radius 3 is 2.42 bits per heavy atom. The highest BCUT2D eigenvalue weighted by molar-refractivity contribution is 6.04. The van der Waals surface area contributed by atoms with Gasteiger partial charge in [-0.15, -0.1) is 0 Å². The summed E-state index contributed by atoms with van der Waals surface area (Å²) in [5, 5.41) is 2.94. The molecule has 1 N–H and O–H groups in total. The van der Waals surface area contributed by atoms with E-state index in [1.165, 1.54) is 5.56 Å². The second-order valence-electron chi connectivity index (χ2n) is 6.49. The van der Waals surface area contributed by atoms with Gasteiger partial charge in [-0.3, -0.25) is 9.59 Å². The van der Waals surface area contributed by atoms with Crippen molar-refractivity contribution >= 4 is 23.2 Å². The third-order valence-electron chi connectivity index (χ3n) is 4.45. The Morgan fingerprint density at radius 2 is 1.79 bits per heavy atom. The first-order valence-corrected chi connectivity index (χ1v) is 8.28. The monoisotopic (exact) mass is 322 g/mol. The number of carbonyl (C=O) groups is 2. The number of hydrogen-bond acceptors (Lipinski definition) is 2. The van der Waals surface area contributed by atoms with Gasteiger partial charge < -0.3 is 10.2 Å². The van der Waals surface area contributed by atoms with Gasteiger partial charge in [0.25, 0.3) is 5.91 Å². The van der Waals surface area contributed by atoms with E-state index in [0.717, 1.165) is 23.4 Å². The number of amides is 2. The number of benzene rings is 2. The Kier molecular flexibility index (Phi) is 4.38. The number of anilines is 2. The third kappa shape index (κ3) is 3.18. The van der Waals surface area contributed by atoms with Crippen molar-refractivity contribution < 1.29 is 9.59 Å². The minimum absolute atomic E-state index is 0.0516. The molecule has 0 aromatic heterocycles. The average molecular weight is 322 g/mol. The molecular formula is C20H22N2O2. The van der Waals surface area contributed by atoms with Gasteiger partial charge in [-0.1, -0.05) is 26.0 Å². The molecule has 4 nitrogen and oxygen atoms in total.